The van der Waals surface area contributed by atoms with E-state index in [4.69, 9.17) is 0 Å². The molecule has 0 saturated carbocycles. The van der Waals surface area contributed by atoms with Crippen molar-refractivity contribution in [1.82, 2.24) is 19.6 Å². The fourth-order valence-electron chi connectivity index (χ4n) is 3.32. The van der Waals surface area contributed by atoms with Gasteiger partial charge in [0.2, 0.25) is 5.91 Å². The number of benzene rings is 1. The van der Waals surface area contributed by atoms with Crippen molar-refractivity contribution in [3.63, 3.8) is 0 Å². The summed E-state index contributed by atoms with van der Waals surface area (Å²) >= 11 is 0. The van der Waals surface area contributed by atoms with Gasteiger partial charge in [0.25, 0.3) is 5.91 Å². The molecule has 0 N–H and O–H groups in total. The van der Waals surface area contributed by atoms with Gasteiger partial charge in [-0.15, -0.1) is 0 Å². The zero-order chi connectivity index (χ0) is 19.4. The van der Waals surface area contributed by atoms with Crippen LogP contribution in [0, 0.1) is 12.7 Å². The lowest BCUT2D eigenvalue weighted by Crippen LogP contribution is -2.38. The van der Waals surface area contributed by atoms with Gasteiger partial charge < -0.3 is 9.80 Å². The Hall–Kier alpha value is -2.70. The third-order valence-electron chi connectivity index (χ3n) is 4.91. The molecule has 0 radical (unpaired) electrons. The van der Waals surface area contributed by atoms with Crippen LogP contribution >= 0.6 is 0 Å². The Morgan fingerprint density at radius 1 is 1.07 bits per heavy atom. The molecule has 7 heteroatoms. The van der Waals surface area contributed by atoms with Gasteiger partial charge in [0.15, 0.2) is 0 Å². The van der Waals surface area contributed by atoms with Crippen LogP contribution in [0.5, 0.6) is 0 Å². The normalized spacial score (nSPS) is 14.9. The van der Waals surface area contributed by atoms with Crippen molar-refractivity contribution >= 4 is 11.8 Å². The van der Waals surface area contributed by atoms with Crippen LogP contribution in [0.2, 0.25) is 0 Å². The van der Waals surface area contributed by atoms with Crippen molar-refractivity contribution in [3.8, 4) is 0 Å². The fraction of sp³-hybridized carbons (Fsp3) is 0.450. The highest BCUT2D eigenvalue weighted by molar-refractivity contribution is 5.95. The predicted octanol–water partition coefficient (Wildman–Crippen LogP) is 2.27. The highest BCUT2D eigenvalue weighted by Crippen LogP contribution is 2.14. The summed E-state index contributed by atoms with van der Waals surface area (Å²) in [5.74, 6) is -0.331. The van der Waals surface area contributed by atoms with Gasteiger partial charge in [0, 0.05) is 38.9 Å². The Bertz CT molecular complexity index is 816. The maximum absolute atomic E-state index is 13.0. The van der Waals surface area contributed by atoms with E-state index in [0.29, 0.717) is 31.7 Å². The summed E-state index contributed by atoms with van der Waals surface area (Å²) in [5, 5.41) is 4.34. The molecule has 27 heavy (non-hydrogen) atoms. The number of nitrogens with zero attached hydrogens (tertiary/aromatic N) is 4. The Kier molecular flexibility index (Phi) is 5.88. The van der Waals surface area contributed by atoms with Crippen molar-refractivity contribution < 1.29 is 14.0 Å². The van der Waals surface area contributed by atoms with E-state index < -0.39 is 0 Å². The zero-order valence-corrected chi connectivity index (χ0v) is 15.8. The monoisotopic (exact) mass is 372 g/mol. The molecular formula is C20H25FN4O2. The summed E-state index contributed by atoms with van der Waals surface area (Å²) in [7, 11) is 0. The van der Waals surface area contributed by atoms with Crippen LogP contribution in [0.15, 0.2) is 30.5 Å². The summed E-state index contributed by atoms with van der Waals surface area (Å²) in [5.41, 5.74) is 2.15. The van der Waals surface area contributed by atoms with Gasteiger partial charge in [-0.2, -0.15) is 5.10 Å². The largest absolute Gasteiger partial charge is 0.341 e. The molecule has 1 fully saturated rings. The summed E-state index contributed by atoms with van der Waals surface area (Å²) in [6.07, 6.45) is 2.78. The third kappa shape index (κ3) is 4.53. The lowest BCUT2D eigenvalue weighted by molar-refractivity contribution is -0.130. The first-order valence-electron chi connectivity index (χ1n) is 9.33. The van der Waals surface area contributed by atoms with E-state index in [1.807, 2.05) is 13.8 Å². The molecule has 1 aromatic carbocycles. The van der Waals surface area contributed by atoms with Gasteiger partial charge in [0.1, 0.15) is 5.82 Å². The van der Waals surface area contributed by atoms with Crippen LogP contribution in [0.25, 0.3) is 0 Å². The zero-order valence-electron chi connectivity index (χ0n) is 15.8. The van der Waals surface area contributed by atoms with Gasteiger partial charge in [-0.1, -0.05) is 12.1 Å². The minimum Gasteiger partial charge on any atom is -0.341 e. The highest BCUT2D eigenvalue weighted by atomic mass is 19.1. The van der Waals surface area contributed by atoms with Crippen LogP contribution < -0.4 is 0 Å². The van der Waals surface area contributed by atoms with Crippen molar-refractivity contribution in [2.24, 2.45) is 0 Å². The number of amides is 2. The lowest BCUT2D eigenvalue weighted by Gasteiger charge is -2.22. The molecule has 0 spiro atoms. The predicted molar refractivity (Wildman–Crippen MR) is 99.8 cm³/mol. The van der Waals surface area contributed by atoms with E-state index in [-0.39, 0.29) is 24.1 Å². The third-order valence-corrected chi connectivity index (χ3v) is 4.91. The molecule has 1 aromatic heterocycles. The van der Waals surface area contributed by atoms with E-state index >= 15 is 0 Å². The first kappa shape index (κ1) is 19.1. The molecule has 1 saturated heterocycles. The Balaban J connectivity index is 1.61. The van der Waals surface area contributed by atoms with Crippen molar-refractivity contribution in [2.45, 2.75) is 33.2 Å². The van der Waals surface area contributed by atoms with E-state index in [1.165, 1.54) is 12.1 Å². The fourth-order valence-corrected chi connectivity index (χ4v) is 3.32. The molecule has 0 aliphatic carbocycles. The van der Waals surface area contributed by atoms with E-state index in [2.05, 4.69) is 5.10 Å². The summed E-state index contributed by atoms with van der Waals surface area (Å²) in [4.78, 5) is 29.0. The molecule has 6 nitrogen and oxygen atoms in total. The number of hydrogen-bond donors (Lipinski definition) is 0. The van der Waals surface area contributed by atoms with Crippen molar-refractivity contribution in [2.75, 3.05) is 26.2 Å². The van der Waals surface area contributed by atoms with Gasteiger partial charge in [-0.3, -0.25) is 14.3 Å². The smallest absolute Gasteiger partial charge is 0.257 e. The SMILES string of the molecule is CCn1cc(C(=O)N2CCCN(C(=O)Cc3ccc(F)cc3)CC2)c(C)n1. The highest BCUT2D eigenvalue weighted by Gasteiger charge is 2.24. The molecule has 0 atom stereocenters. The summed E-state index contributed by atoms with van der Waals surface area (Å²) in [6.45, 7) is 6.80. The molecule has 0 unspecified atom stereocenters. The van der Waals surface area contributed by atoms with Gasteiger partial charge >= 0.3 is 0 Å². The van der Waals surface area contributed by atoms with Gasteiger partial charge in [0.05, 0.1) is 17.7 Å². The average molecular weight is 372 g/mol. The average Bonchev–Trinajstić information content (AvgIpc) is 2.88. The van der Waals surface area contributed by atoms with Crippen LogP contribution in [-0.4, -0.2) is 57.6 Å². The van der Waals surface area contributed by atoms with Crippen LogP contribution in [-0.2, 0) is 17.8 Å². The molecular weight excluding hydrogens is 347 g/mol. The number of rotatable bonds is 4. The lowest BCUT2D eigenvalue weighted by atomic mass is 10.1. The first-order valence-corrected chi connectivity index (χ1v) is 9.33. The van der Waals surface area contributed by atoms with Crippen molar-refractivity contribution in [1.29, 1.82) is 0 Å². The number of carbonyl (C=O) groups excluding carboxylic acids is 2. The van der Waals surface area contributed by atoms with E-state index in [9.17, 15) is 14.0 Å². The van der Waals surface area contributed by atoms with Gasteiger partial charge in [-0.25, -0.2) is 4.39 Å². The second-order valence-electron chi connectivity index (χ2n) is 6.81. The minimum atomic E-state index is -0.309. The molecule has 144 valence electrons. The van der Waals surface area contributed by atoms with E-state index in [1.54, 1.807) is 32.8 Å². The quantitative estimate of drug-likeness (QED) is 0.827. The van der Waals surface area contributed by atoms with Crippen LogP contribution in [0.1, 0.15) is 35.0 Å². The molecule has 2 heterocycles. The minimum absolute atomic E-state index is 0.00545. The topological polar surface area (TPSA) is 58.4 Å². The van der Waals surface area contributed by atoms with Crippen LogP contribution in [0.4, 0.5) is 4.39 Å². The Labute approximate surface area is 158 Å². The number of halogens is 1. The Morgan fingerprint density at radius 2 is 1.74 bits per heavy atom. The molecule has 2 amide bonds. The maximum Gasteiger partial charge on any atom is 0.257 e. The van der Waals surface area contributed by atoms with E-state index in [0.717, 1.165) is 24.2 Å². The van der Waals surface area contributed by atoms with Crippen LogP contribution in [0.3, 0.4) is 0 Å². The molecule has 0 bridgehead atoms. The first-order chi connectivity index (χ1) is 13.0. The standard InChI is InChI=1S/C20H25FN4O2/c1-3-25-14-18(15(2)22-25)20(27)24-10-4-9-23(11-12-24)19(26)13-16-5-7-17(21)8-6-16/h5-8,14H,3-4,9-13H2,1-2H3. The molecule has 2 aromatic rings. The molecule has 1 aliphatic rings. The van der Waals surface area contributed by atoms with Gasteiger partial charge in [-0.05, 0) is 38.0 Å². The maximum atomic E-state index is 13.0. The summed E-state index contributed by atoms with van der Waals surface area (Å²) in [6, 6.07) is 6.00. The molecule has 3 rings (SSSR count). The number of carbonyl (C=O) groups is 2. The second kappa shape index (κ2) is 8.33. The van der Waals surface area contributed by atoms with Crippen molar-refractivity contribution in [3.05, 3.63) is 53.1 Å². The summed E-state index contributed by atoms with van der Waals surface area (Å²) < 4.78 is 14.8. The number of aryl methyl sites for hydroxylation is 2. The molecule has 1 aliphatic heterocycles. The Morgan fingerprint density at radius 3 is 2.41 bits per heavy atom. The number of hydrogen-bond acceptors (Lipinski definition) is 3. The second-order valence-corrected chi connectivity index (χ2v) is 6.81. The number of aromatic nitrogens is 2.